The average molecular weight is 565 g/mol. The number of rotatable bonds is 6. The quantitative estimate of drug-likeness (QED) is 0.385. The number of nitrogens with zero attached hydrogens (tertiary/aromatic N) is 1. The van der Waals surface area contributed by atoms with E-state index in [2.05, 4.69) is 5.32 Å². The summed E-state index contributed by atoms with van der Waals surface area (Å²) >= 11 is 5.94. The molecule has 1 heterocycles. The highest BCUT2D eigenvalue weighted by Gasteiger charge is 2.39. The van der Waals surface area contributed by atoms with Crippen LogP contribution in [0.15, 0.2) is 42.5 Å². The normalized spacial score (nSPS) is 18.4. The van der Waals surface area contributed by atoms with E-state index < -0.39 is 53.1 Å². The van der Waals surface area contributed by atoms with Crippen LogP contribution in [-0.4, -0.2) is 42.1 Å². The Labute approximate surface area is 221 Å². The zero-order valence-electron chi connectivity index (χ0n) is 20.6. The Hall–Kier alpha value is -2.95. The van der Waals surface area contributed by atoms with Crippen molar-refractivity contribution in [2.45, 2.75) is 57.5 Å². The molecule has 208 valence electrons. The van der Waals surface area contributed by atoms with Crippen LogP contribution in [0.2, 0.25) is 5.02 Å². The molecule has 0 bridgehead atoms. The fraction of sp³-hybridized carbons (Fsp3) is 0.462. The third-order valence-corrected chi connectivity index (χ3v) is 6.32. The first-order valence-corrected chi connectivity index (χ1v) is 12.3. The number of benzene rings is 2. The third-order valence-electron chi connectivity index (χ3n) is 6.07. The first-order valence-electron chi connectivity index (χ1n) is 11.9. The van der Waals surface area contributed by atoms with Crippen LogP contribution in [0.5, 0.6) is 0 Å². The number of halogens is 7. The number of piperidine rings is 1. The Kier molecular flexibility index (Phi) is 9.22. The minimum atomic E-state index is -5.08. The molecule has 1 saturated heterocycles. The topological polar surface area (TPSA) is 58.6 Å². The molecule has 0 saturated carbocycles. The Bertz CT molecular complexity index is 1100. The number of alkyl halides is 6. The lowest BCUT2D eigenvalue weighted by atomic mass is 9.91. The van der Waals surface area contributed by atoms with Crippen molar-refractivity contribution < 1.29 is 40.7 Å². The molecule has 1 aliphatic rings. The highest BCUT2D eigenvalue weighted by Crippen LogP contribution is 2.37. The van der Waals surface area contributed by atoms with E-state index in [-0.39, 0.29) is 44.4 Å². The molecule has 0 aromatic heterocycles. The Morgan fingerprint density at radius 2 is 1.61 bits per heavy atom. The molecule has 12 heteroatoms. The first-order chi connectivity index (χ1) is 17.6. The monoisotopic (exact) mass is 564 g/mol. The van der Waals surface area contributed by atoms with E-state index in [4.69, 9.17) is 16.3 Å². The van der Waals surface area contributed by atoms with Crippen LogP contribution in [0.25, 0.3) is 0 Å². The molecule has 2 aromatic rings. The molecule has 3 rings (SSSR count). The van der Waals surface area contributed by atoms with Gasteiger partial charge in [-0.2, -0.15) is 26.3 Å². The number of ether oxygens (including phenoxy) is 1. The lowest BCUT2D eigenvalue weighted by Crippen LogP contribution is -2.53. The van der Waals surface area contributed by atoms with Gasteiger partial charge >= 0.3 is 18.4 Å². The van der Waals surface area contributed by atoms with Crippen LogP contribution >= 0.6 is 11.6 Å². The average Bonchev–Trinajstić information content (AvgIpc) is 2.82. The lowest BCUT2D eigenvalue weighted by molar-refractivity contribution is -0.143. The van der Waals surface area contributed by atoms with Gasteiger partial charge in [0, 0.05) is 29.2 Å². The minimum absolute atomic E-state index is 0.00378. The summed E-state index contributed by atoms with van der Waals surface area (Å²) in [5.41, 5.74) is -3.08. The number of amides is 2. The van der Waals surface area contributed by atoms with Crippen LogP contribution in [0.1, 0.15) is 53.7 Å². The van der Waals surface area contributed by atoms with Crippen molar-refractivity contribution in [3.8, 4) is 0 Å². The molecule has 0 spiro atoms. The number of likely N-dealkylation sites (tertiary alicyclic amines) is 1. The van der Waals surface area contributed by atoms with Gasteiger partial charge in [-0.25, -0.2) is 4.79 Å². The first kappa shape index (κ1) is 29.6. The van der Waals surface area contributed by atoms with E-state index in [9.17, 15) is 35.9 Å². The van der Waals surface area contributed by atoms with Gasteiger partial charge in [0.1, 0.15) is 0 Å². The molecule has 2 aromatic carbocycles. The summed E-state index contributed by atoms with van der Waals surface area (Å²) in [6, 6.07) is 6.51. The predicted molar refractivity (Wildman–Crippen MR) is 129 cm³/mol. The summed E-state index contributed by atoms with van der Waals surface area (Å²) < 4.78 is 85.4. The van der Waals surface area contributed by atoms with Crippen LogP contribution < -0.4 is 5.32 Å². The van der Waals surface area contributed by atoms with Crippen LogP contribution in [0.3, 0.4) is 0 Å². The second-order valence-electron chi connectivity index (χ2n) is 9.64. The molecule has 1 N–H and O–H groups in total. The summed E-state index contributed by atoms with van der Waals surface area (Å²) in [5, 5.41) is 3.21. The van der Waals surface area contributed by atoms with E-state index in [1.165, 1.54) is 4.90 Å². The van der Waals surface area contributed by atoms with E-state index in [0.29, 0.717) is 17.2 Å². The van der Waals surface area contributed by atoms with Gasteiger partial charge < -0.3 is 15.0 Å². The van der Waals surface area contributed by atoms with Crippen LogP contribution in [0.4, 0.5) is 31.1 Å². The van der Waals surface area contributed by atoms with Gasteiger partial charge in [0.15, 0.2) is 0 Å². The number of alkyl carbamates (subject to hydrolysis) is 1. The maximum atomic E-state index is 13.4. The third kappa shape index (κ3) is 8.02. The molecule has 0 radical (unpaired) electrons. The predicted octanol–water partition coefficient (Wildman–Crippen LogP) is 6.98. The van der Waals surface area contributed by atoms with E-state index >= 15 is 0 Å². The molecule has 38 heavy (non-hydrogen) atoms. The van der Waals surface area contributed by atoms with Crippen LogP contribution in [0, 0.1) is 5.92 Å². The standard InChI is InChI=1S/C26H27ClF6N2O3/c1-15(2)14-38-24(37)34-21-7-8-35(22(13-21)9-16-3-5-20(27)6-4-16)23(36)17-10-18(25(28,29)30)12-19(11-17)26(31,32)33/h3-6,10-12,15,21-22H,7-9,13-14H2,1-2H3,(H,34,37)/t21-,22+/m0/s1. The highest BCUT2D eigenvalue weighted by atomic mass is 35.5. The van der Waals surface area contributed by atoms with Crippen molar-refractivity contribution in [3.63, 3.8) is 0 Å². The SMILES string of the molecule is CC(C)COC(=O)N[C@H]1CCN(C(=O)c2cc(C(F)(F)F)cc(C(F)(F)F)c2)[C@H](Cc2ccc(Cl)cc2)C1. The molecule has 0 aliphatic carbocycles. The van der Waals surface area contributed by atoms with Crippen molar-refractivity contribution in [2.24, 2.45) is 5.92 Å². The summed E-state index contributed by atoms with van der Waals surface area (Å²) in [5.74, 6) is -0.840. The van der Waals surface area contributed by atoms with E-state index in [1.807, 2.05) is 13.8 Å². The summed E-state index contributed by atoms with van der Waals surface area (Å²) in [7, 11) is 0. The van der Waals surface area contributed by atoms with Crippen LogP contribution in [-0.2, 0) is 23.5 Å². The largest absolute Gasteiger partial charge is 0.449 e. The molecule has 1 aliphatic heterocycles. The van der Waals surface area contributed by atoms with Crippen molar-refractivity contribution >= 4 is 23.6 Å². The van der Waals surface area contributed by atoms with Gasteiger partial charge in [0.25, 0.3) is 5.91 Å². The summed E-state index contributed by atoms with van der Waals surface area (Å²) in [6.07, 6.45) is -10.1. The van der Waals surface area contributed by atoms with Gasteiger partial charge in [0.2, 0.25) is 0 Å². The Balaban J connectivity index is 1.90. The second-order valence-corrected chi connectivity index (χ2v) is 10.1. The van der Waals surface area contributed by atoms with Crippen molar-refractivity contribution in [2.75, 3.05) is 13.2 Å². The Morgan fingerprint density at radius 1 is 1.03 bits per heavy atom. The van der Waals surface area contributed by atoms with E-state index in [0.717, 1.165) is 5.56 Å². The lowest BCUT2D eigenvalue weighted by Gasteiger charge is -2.40. The zero-order valence-corrected chi connectivity index (χ0v) is 21.4. The molecule has 2 amide bonds. The number of carbonyl (C=O) groups is 2. The van der Waals surface area contributed by atoms with Gasteiger partial charge in [-0.3, -0.25) is 4.79 Å². The maximum absolute atomic E-state index is 13.4. The molecular weight excluding hydrogens is 538 g/mol. The molecule has 0 unspecified atom stereocenters. The molecule has 2 atom stereocenters. The maximum Gasteiger partial charge on any atom is 0.416 e. The second kappa shape index (κ2) is 11.8. The number of hydrogen-bond donors (Lipinski definition) is 1. The smallest absolute Gasteiger partial charge is 0.416 e. The van der Waals surface area contributed by atoms with E-state index in [1.54, 1.807) is 24.3 Å². The van der Waals surface area contributed by atoms with Crippen molar-refractivity contribution in [1.82, 2.24) is 10.2 Å². The van der Waals surface area contributed by atoms with Gasteiger partial charge in [0.05, 0.1) is 17.7 Å². The fourth-order valence-corrected chi connectivity index (χ4v) is 4.36. The Morgan fingerprint density at radius 3 is 2.13 bits per heavy atom. The summed E-state index contributed by atoms with van der Waals surface area (Å²) in [6.45, 7) is 3.95. The van der Waals surface area contributed by atoms with Crippen molar-refractivity contribution in [3.05, 3.63) is 69.7 Å². The number of carbonyl (C=O) groups excluding carboxylic acids is 2. The number of hydrogen-bond acceptors (Lipinski definition) is 3. The van der Waals surface area contributed by atoms with Gasteiger partial charge in [-0.15, -0.1) is 0 Å². The van der Waals surface area contributed by atoms with Gasteiger partial charge in [-0.05, 0) is 61.1 Å². The summed E-state index contributed by atoms with van der Waals surface area (Å²) in [4.78, 5) is 26.8. The molecular formula is C26H27ClF6N2O3. The van der Waals surface area contributed by atoms with Gasteiger partial charge in [-0.1, -0.05) is 37.6 Å². The number of nitrogens with one attached hydrogen (secondary N) is 1. The highest BCUT2D eigenvalue weighted by molar-refractivity contribution is 6.30. The van der Waals surface area contributed by atoms with Crippen molar-refractivity contribution in [1.29, 1.82) is 0 Å². The zero-order chi connectivity index (χ0) is 28.3. The molecule has 1 fully saturated rings. The minimum Gasteiger partial charge on any atom is -0.449 e. The molecule has 5 nitrogen and oxygen atoms in total. The fourth-order valence-electron chi connectivity index (χ4n) is 4.23.